The van der Waals surface area contributed by atoms with E-state index in [1.807, 2.05) is 13.1 Å². The number of nitrogens with one attached hydrogen (secondary N) is 1. The van der Waals surface area contributed by atoms with E-state index in [9.17, 15) is 9.50 Å². The van der Waals surface area contributed by atoms with Crippen LogP contribution in [0.4, 0.5) is 4.39 Å². The maximum absolute atomic E-state index is 13.8. The molecule has 0 fully saturated rings. The molecular formula is C26H27FNOP. The van der Waals surface area contributed by atoms with Crippen LogP contribution < -0.4 is 15.9 Å². The van der Waals surface area contributed by atoms with E-state index in [1.54, 1.807) is 6.07 Å². The lowest BCUT2D eigenvalue weighted by Crippen LogP contribution is -2.17. The predicted molar refractivity (Wildman–Crippen MR) is 126 cm³/mol. The molecule has 2 nitrogen and oxygen atoms in total. The lowest BCUT2D eigenvalue weighted by Gasteiger charge is -2.22. The van der Waals surface area contributed by atoms with E-state index >= 15 is 0 Å². The maximum atomic E-state index is 13.8. The summed E-state index contributed by atoms with van der Waals surface area (Å²) in [5.74, 6) is 0.625. The van der Waals surface area contributed by atoms with Gasteiger partial charge in [-0.15, -0.1) is 0 Å². The van der Waals surface area contributed by atoms with Gasteiger partial charge in [-0.25, -0.2) is 4.39 Å². The highest BCUT2D eigenvalue weighted by Crippen LogP contribution is 2.37. The predicted octanol–water partition coefficient (Wildman–Crippen LogP) is 5.08. The highest BCUT2D eigenvalue weighted by molar-refractivity contribution is 7.55. The Bertz CT molecular complexity index is 1040. The zero-order valence-corrected chi connectivity index (χ0v) is 18.1. The molecule has 0 spiro atoms. The van der Waals surface area contributed by atoms with Crippen molar-refractivity contribution in [3.8, 4) is 5.75 Å². The molecule has 2 aromatic rings. The van der Waals surface area contributed by atoms with E-state index in [4.69, 9.17) is 0 Å². The van der Waals surface area contributed by atoms with Crippen LogP contribution in [-0.2, 0) is 6.54 Å². The van der Waals surface area contributed by atoms with E-state index in [2.05, 4.69) is 66.1 Å². The first-order valence-corrected chi connectivity index (χ1v) is 11.4. The molecule has 4 heteroatoms. The SMILES string of the molecule is CNCc1cc(F)ccc1Pc1cc(C2C=CC=CC2)cc(C2C=CC=CC2)c1O. The van der Waals surface area contributed by atoms with Gasteiger partial charge in [-0.05, 0) is 54.5 Å². The smallest absolute Gasteiger partial charge is 0.127 e. The van der Waals surface area contributed by atoms with Gasteiger partial charge < -0.3 is 10.4 Å². The molecule has 0 saturated heterocycles. The summed E-state index contributed by atoms with van der Waals surface area (Å²) < 4.78 is 13.8. The molecule has 0 saturated carbocycles. The molecule has 3 atom stereocenters. The molecule has 154 valence electrons. The number of halogens is 1. The fraction of sp³-hybridized carbons (Fsp3) is 0.231. The lowest BCUT2D eigenvalue weighted by atomic mass is 9.86. The Hall–Kier alpha value is -2.48. The fourth-order valence-corrected chi connectivity index (χ4v) is 5.36. The van der Waals surface area contributed by atoms with Gasteiger partial charge in [0.2, 0.25) is 0 Å². The summed E-state index contributed by atoms with van der Waals surface area (Å²) in [5, 5.41) is 16.3. The number of hydrogen-bond acceptors (Lipinski definition) is 2. The number of aromatic hydroxyl groups is 1. The minimum Gasteiger partial charge on any atom is -0.507 e. The molecule has 0 radical (unpaired) electrons. The van der Waals surface area contributed by atoms with Gasteiger partial charge in [0.25, 0.3) is 0 Å². The molecule has 0 aromatic heterocycles. The van der Waals surface area contributed by atoms with Gasteiger partial charge >= 0.3 is 0 Å². The van der Waals surface area contributed by atoms with Gasteiger partial charge in [0.05, 0.1) is 0 Å². The van der Waals surface area contributed by atoms with Crippen molar-refractivity contribution in [3.05, 3.63) is 101 Å². The van der Waals surface area contributed by atoms with Crippen LogP contribution in [0.5, 0.6) is 5.75 Å². The second kappa shape index (κ2) is 9.55. The van der Waals surface area contributed by atoms with Crippen molar-refractivity contribution in [1.82, 2.24) is 5.32 Å². The number of rotatable bonds is 6. The fourth-order valence-electron chi connectivity index (χ4n) is 4.08. The minimum atomic E-state index is -0.231. The summed E-state index contributed by atoms with van der Waals surface area (Å²) >= 11 is 0. The third-order valence-electron chi connectivity index (χ3n) is 5.65. The second-order valence-electron chi connectivity index (χ2n) is 7.77. The normalized spacial score (nSPS) is 20.5. The van der Waals surface area contributed by atoms with Gasteiger partial charge in [0.1, 0.15) is 11.6 Å². The molecule has 0 aliphatic heterocycles. The van der Waals surface area contributed by atoms with Gasteiger partial charge in [-0.2, -0.15) is 0 Å². The van der Waals surface area contributed by atoms with Crippen LogP contribution in [0.1, 0.15) is 41.4 Å². The Morgan fingerprint density at radius 1 is 0.967 bits per heavy atom. The standard InChI is InChI=1S/C26H27FNOP/c1-28-17-21-14-22(27)12-13-24(21)30-25-16-20(18-8-4-2-5-9-18)15-23(26(25)29)19-10-6-3-7-11-19/h2-8,10,12-16,18-19,28-30H,9,11,17H2,1H3. The Morgan fingerprint density at radius 2 is 1.70 bits per heavy atom. The Morgan fingerprint density at radius 3 is 2.37 bits per heavy atom. The molecule has 3 unspecified atom stereocenters. The molecule has 30 heavy (non-hydrogen) atoms. The quantitative estimate of drug-likeness (QED) is 0.640. The first-order chi connectivity index (χ1) is 14.7. The Kier molecular flexibility index (Phi) is 6.62. The molecule has 2 aliphatic carbocycles. The summed E-state index contributed by atoms with van der Waals surface area (Å²) in [6, 6.07) is 9.25. The first-order valence-electron chi connectivity index (χ1n) is 10.4. The van der Waals surface area contributed by atoms with Crippen LogP contribution in [0.15, 0.2) is 78.9 Å². The average molecular weight is 419 g/mol. The van der Waals surface area contributed by atoms with E-state index in [-0.39, 0.29) is 20.3 Å². The van der Waals surface area contributed by atoms with Gasteiger partial charge in [-0.1, -0.05) is 69.3 Å². The third kappa shape index (κ3) is 4.64. The van der Waals surface area contributed by atoms with Crippen molar-refractivity contribution in [2.45, 2.75) is 31.2 Å². The van der Waals surface area contributed by atoms with Crippen LogP contribution in [0.3, 0.4) is 0 Å². The molecule has 0 amide bonds. The van der Waals surface area contributed by atoms with Crippen molar-refractivity contribution in [2.24, 2.45) is 0 Å². The second-order valence-corrected chi connectivity index (χ2v) is 9.10. The molecule has 4 rings (SSSR count). The number of hydrogen-bond donors (Lipinski definition) is 2. The highest BCUT2D eigenvalue weighted by Gasteiger charge is 2.21. The number of allylic oxidation sites excluding steroid dienone is 8. The minimum absolute atomic E-state index is 0.173. The molecule has 2 aromatic carbocycles. The van der Waals surface area contributed by atoms with Crippen molar-refractivity contribution in [1.29, 1.82) is 0 Å². The van der Waals surface area contributed by atoms with Crippen LogP contribution >= 0.6 is 8.58 Å². The monoisotopic (exact) mass is 419 g/mol. The van der Waals surface area contributed by atoms with Crippen molar-refractivity contribution in [2.75, 3.05) is 7.05 Å². The Labute approximate surface area is 179 Å². The first kappa shape index (κ1) is 20.8. The molecular weight excluding hydrogens is 392 g/mol. The largest absolute Gasteiger partial charge is 0.507 e. The lowest BCUT2D eigenvalue weighted by molar-refractivity contribution is 0.469. The number of phenolic OH excluding ortho intramolecular Hbond substituents is 1. The van der Waals surface area contributed by atoms with Crippen molar-refractivity contribution >= 4 is 19.2 Å². The number of phenols is 1. The highest BCUT2D eigenvalue weighted by atomic mass is 31.1. The van der Waals surface area contributed by atoms with Crippen molar-refractivity contribution < 1.29 is 9.50 Å². The zero-order valence-electron chi connectivity index (χ0n) is 17.1. The zero-order chi connectivity index (χ0) is 20.9. The molecule has 2 aliphatic rings. The summed E-state index contributed by atoms with van der Waals surface area (Å²) in [5.41, 5.74) is 3.14. The number of benzene rings is 2. The van der Waals surface area contributed by atoms with Gasteiger partial charge in [0.15, 0.2) is 0 Å². The topological polar surface area (TPSA) is 32.3 Å². The average Bonchev–Trinajstić information content (AvgIpc) is 2.78. The van der Waals surface area contributed by atoms with E-state index in [0.29, 0.717) is 18.2 Å². The van der Waals surface area contributed by atoms with Crippen LogP contribution in [0.25, 0.3) is 0 Å². The van der Waals surface area contributed by atoms with E-state index in [1.165, 1.54) is 11.6 Å². The Balaban J connectivity index is 1.76. The summed E-state index contributed by atoms with van der Waals surface area (Å²) in [6.07, 6.45) is 18.8. The van der Waals surface area contributed by atoms with Crippen LogP contribution in [0, 0.1) is 5.82 Å². The van der Waals surface area contributed by atoms with Crippen LogP contribution in [0.2, 0.25) is 0 Å². The summed E-state index contributed by atoms with van der Waals surface area (Å²) in [7, 11) is 2.12. The molecule has 2 N–H and O–H groups in total. The maximum Gasteiger partial charge on any atom is 0.127 e. The van der Waals surface area contributed by atoms with Crippen molar-refractivity contribution in [3.63, 3.8) is 0 Å². The summed E-state index contributed by atoms with van der Waals surface area (Å²) in [4.78, 5) is 0. The van der Waals surface area contributed by atoms with E-state index in [0.717, 1.165) is 34.6 Å². The van der Waals surface area contributed by atoms with E-state index < -0.39 is 0 Å². The molecule has 0 bridgehead atoms. The van der Waals surface area contributed by atoms with Gasteiger partial charge in [-0.3, -0.25) is 0 Å². The summed E-state index contributed by atoms with van der Waals surface area (Å²) in [6.45, 7) is 0.597. The third-order valence-corrected chi connectivity index (χ3v) is 7.06. The van der Waals surface area contributed by atoms with Gasteiger partial charge in [0, 0.05) is 29.2 Å². The van der Waals surface area contributed by atoms with Crippen LogP contribution in [-0.4, -0.2) is 12.2 Å². The molecule has 0 heterocycles.